The summed E-state index contributed by atoms with van der Waals surface area (Å²) in [6, 6.07) is 4.76. The minimum absolute atomic E-state index is 0.00569. The van der Waals surface area contributed by atoms with Gasteiger partial charge < -0.3 is 4.74 Å². The molecule has 0 radical (unpaired) electrons. The van der Waals surface area contributed by atoms with Crippen molar-refractivity contribution in [2.24, 2.45) is 0 Å². The van der Waals surface area contributed by atoms with Gasteiger partial charge in [-0.3, -0.25) is 4.40 Å². The summed E-state index contributed by atoms with van der Waals surface area (Å²) in [4.78, 5) is 0. The van der Waals surface area contributed by atoms with Gasteiger partial charge in [-0.15, -0.1) is 23.4 Å². The smallest absolute Gasteiger partial charge is 0.406 e. The Morgan fingerprint density at radius 1 is 0.920 bits per heavy atom. The van der Waals surface area contributed by atoms with Crippen LogP contribution >= 0.6 is 0 Å². The lowest BCUT2D eigenvalue weighted by molar-refractivity contribution is -0.274. The molecular formula is C14H6F7N3O. The van der Waals surface area contributed by atoms with Crippen molar-refractivity contribution >= 4 is 5.65 Å². The van der Waals surface area contributed by atoms with Gasteiger partial charge in [0.15, 0.2) is 5.65 Å². The lowest BCUT2D eigenvalue weighted by Gasteiger charge is -2.11. The average molecular weight is 365 g/mol. The van der Waals surface area contributed by atoms with Crippen LogP contribution in [0.15, 0.2) is 36.5 Å². The molecule has 1 aromatic carbocycles. The summed E-state index contributed by atoms with van der Waals surface area (Å²) in [5.74, 6) is -3.18. The highest BCUT2D eigenvalue weighted by molar-refractivity contribution is 5.66. The van der Waals surface area contributed by atoms with Gasteiger partial charge in [0.05, 0.1) is 0 Å². The first kappa shape index (κ1) is 17.0. The molecule has 0 fully saturated rings. The highest BCUT2D eigenvalue weighted by Crippen LogP contribution is 2.32. The number of nitrogens with zero attached hydrogens (tertiary/aromatic N) is 3. The normalized spacial score (nSPS) is 12.6. The van der Waals surface area contributed by atoms with Gasteiger partial charge in [-0.05, 0) is 24.3 Å². The van der Waals surface area contributed by atoms with E-state index < -0.39 is 29.9 Å². The number of alkyl halides is 6. The Bertz CT molecular complexity index is 930. The van der Waals surface area contributed by atoms with Gasteiger partial charge in [0, 0.05) is 23.4 Å². The van der Waals surface area contributed by atoms with Gasteiger partial charge in [0.25, 0.3) is 0 Å². The number of hydrogen-bond acceptors (Lipinski definition) is 3. The van der Waals surface area contributed by atoms with Crippen molar-refractivity contribution in [3.8, 4) is 16.9 Å². The molecule has 0 saturated heterocycles. The zero-order valence-corrected chi connectivity index (χ0v) is 11.9. The molecule has 2 aromatic heterocycles. The molecule has 0 saturated carbocycles. The first-order chi connectivity index (χ1) is 11.5. The van der Waals surface area contributed by atoms with E-state index in [1.54, 1.807) is 0 Å². The van der Waals surface area contributed by atoms with Crippen LogP contribution in [0.3, 0.4) is 0 Å². The number of rotatable bonds is 2. The van der Waals surface area contributed by atoms with Gasteiger partial charge in [-0.1, -0.05) is 0 Å². The number of aromatic nitrogens is 3. The molecule has 0 atom stereocenters. The van der Waals surface area contributed by atoms with Crippen LogP contribution in [-0.2, 0) is 6.18 Å². The van der Waals surface area contributed by atoms with Crippen LogP contribution in [0.1, 0.15) is 5.82 Å². The van der Waals surface area contributed by atoms with Gasteiger partial charge in [0.1, 0.15) is 11.6 Å². The third kappa shape index (κ3) is 3.49. The van der Waals surface area contributed by atoms with Gasteiger partial charge in [0.2, 0.25) is 5.82 Å². The van der Waals surface area contributed by atoms with Crippen molar-refractivity contribution in [3.63, 3.8) is 0 Å². The summed E-state index contributed by atoms with van der Waals surface area (Å²) in [6.07, 6.45) is -8.82. The molecule has 0 aliphatic rings. The van der Waals surface area contributed by atoms with Crippen molar-refractivity contribution in [1.82, 2.24) is 14.6 Å². The highest BCUT2D eigenvalue weighted by Gasteiger charge is 2.37. The molecule has 0 spiro atoms. The molecule has 2 heterocycles. The van der Waals surface area contributed by atoms with Crippen LogP contribution in [0, 0.1) is 5.82 Å². The summed E-state index contributed by atoms with van der Waals surface area (Å²) >= 11 is 0. The van der Waals surface area contributed by atoms with Gasteiger partial charge in [-0.25, -0.2) is 4.39 Å². The Morgan fingerprint density at radius 2 is 1.64 bits per heavy atom. The van der Waals surface area contributed by atoms with E-state index >= 15 is 0 Å². The van der Waals surface area contributed by atoms with Crippen LogP contribution in [0.5, 0.6) is 5.75 Å². The van der Waals surface area contributed by atoms with Gasteiger partial charge in [-0.2, -0.15) is 13.2 Å². The number of hydrogen-bond donors (Lipinski definition) is 0. The molecule has 0 unspecified atom stereocenters. The molecule has 0 aliphatic heterocycles. The Kier molecular flexibility index (Phi) is 3.81. The van der Waals surface area contributed by atoms with E-state index in [2.05, 4.69) is 14.9 Å². The molecule has 0 bridgehead atoms. The van der Waals surface area contributed by atoms with E-state index in [9.17, 15) is 30.7 Å². The minimum Gasteiger partial charge on any atom is -0.406 e. The Hall–Kier alpha value is -2.85. The fourth-order valence-electron chi connectivity index (χ4n) is 2.17. The number of benzene rings is 1. The maximum Gasteiger partial charge on any atom is 0.573 e. The number of ether oxygens (including phenoxy) is 1. The first-order valence-corrected chi connectivity index (χ1v) is 6.52. The lowest BCUT2D eigenvalue weighted by Crippen LogP contribution is -2.17. The first-order valence-electron chi connectivity index (χ1n) is 6.52. The zero-order chi connectivity index (χ0) is 18.4. The molecule has 3 rings (SSSR count). The number of pyridine rings is 1. The monoisotopic (exact) mass is 365 g/mol. The molecular weight excluding hydrogens is 359 g/mol. The fourth-order valence-corrected chi connectivity index (χ4v) is 2.17. The second kappa shape index (κ2) is 5.60. The minimum atomic E-state index is -4.99. The zero-order valence-electron chi connectivity index (χ0n) is 11.9. The molecule has 25 heavy (non-hydrogen) atoms. The summed E-state index contributed by atoms with van der Waals surface area (Å²) in [6.45, 7) is 0. The second-order valence-corrected chi connectivity index (χ2v) is 4.86. The fraction of sp³-hybridized carbons (Fsp3) is 0.143. The van der Waals surface area contributed by atoms with Crippen LogP contribution < -0.4 is 4.74 Å². The molecule has 132 valence electrons. The Morgan fingerprint density at radius 3 is 2.24 bits per heavy atom. The van der Waals surface area contributed by atoms with E-state index in [1.165, 1.54) is 12.1 Å². The number of fused-ring (bicyclic) bond motifs is 1. The molecule has 11 heteroatoms. The number of halogens is 7. The van der Waals surface area contributed by atoms with Crippen molar-refractivity contribution in [1.29, 1.82) is 0 Å². The summed E-state index contributed by atoms with van der Waals surface area (Å²) in [5.41, 5.74) is -0.333. The standard InChI is InChI=1S/C14H6F7N3O/c15-10-5-8(25-14(19,20)21)2-3-9(10)7-1-4-11-22-23-12(13(16,17)18)24(11)6-7/h1-6H. The van der Waals surface area contributed by atoms with Crippen molar-refractivity contribution < 1.29 is 35.5 Å². The topological polar surface area (TPSA) is 39.4 Å². The molecule has 3 aromatic rings. The predicted octanol–water partition coefficient (Wildman–Crippen LogP) is 4.45. The van der Waals surface area contributed by atoms with E-state index in [0.717, 1.165) is 18.3 Å². The van der Waals surface area contributed by atoms with Crippen LogP contribution in [0.4, 0.5) is 30.7 Å². The molecule has 0 aliphatic carbocycles. The lowest BCUT2D eigenvalue weighted by atomic mass is 10.1. The van der Waals surface area contributed by atoms with Crippen LogP contribution in [-0.4, -0.2) is 21.0 Å². The van der Waals surface area contributed by atoms with Gasteiger partial charge >= 0.3 is 12.5 Å². The summed E-state index contributed by atoms with van der Waals surface area (Å²) in [7, 11) is 0. The molecule has 0 amide bonds. The SMILES string of the molecule is Fc1cc(OC(F)(F)F)ccc1-c1ccc2nnc(C(F)(F)F)n2c1. The third-order valence-electron chi connectivity index (χ3n) is 3.14. The Labute approximate surface area is 134 Å². The third-order valence-corrected chi connectivity index (χ3v) is 3.14. The predicted molar refractivity (Wildman–Crippen MR) is 70.1 cm³/mol. The van der Waals surface area contributed by atoms with E-state index in [4.69, 9.17) is 0 Å². The quantitative estimate of drug-likeness (QED) is 0.630. The van der Waals surface area contributed by atoms with Crippen LogP contribution in [0.2, 0.25) is 0 Å². The largest absolute Gasteiger partial charge is 0.573 e. The maximum atomic E-state index is 14.1. The van der Waals surface area contributed by atoms with Crippen molar-refractivity contribution in [3.05, 3.63) is 48.2 Å². The van der Waals surface area contributed by atoms with E-state index in [1.807, 2.05) is 0 Å². The maximum absolute atomic E-state index is 14.1. The molecule has 4 nitrogen and oxygen atoms in total. The summed E-state index contributed by atoms with van der Waals surface area (Å²) < 4.78 is 93.2. The van der Waals surface area contributed by atoms with Crippen LogP contribution in [0.25, 0.3) is 16.8 Å². The average Bonchev–Trinajstić information content (AvgIpc) is 2.88. The molecule has 0 N–H and O–H groups in total. The Balaban J connectivity index is 2.04. The second-order valence-electron chi connectivity index (χ2n) is 4.86. The summed E-state index contributed by atoms with van der Waals surface area (Å²) in [5, 5.41) is 6.38. The van der Waals surface area contributed by atoms with E-state index in [-0.39, 0.29) is 16.8 Å². The van der Waals surface area contributed by atoms with E-state index in [0.29, 0.717) is 10.5 Å². The highest BCUT2D eigenvalue weighted by atomic mass is 19.4. The van der Waals surface area contributed by atoms with Crippen molar-refractivity contribution in [2.75, 3.05) is 0 Å². The van der Waals surface area contributed by atoms with Crippen molar-refractivity contribution in [2.45, 2.75) is 12.5 Å².